The van der Waals surface area contributed by atoms with Crippen LogP contribution in [0.15, 0.2) is 61.1 Å². The maximum atomic E-state index is 14.8. The first-order valence-electron chi connectivity index (χ1n) is 12.7. The quantitative estimate of drug-likeness (QED) is 0.195. The summed E-state index contributed by atoms with van der Waals surface area (Å²) in [5, 5.41) is 6.45. The minimum Gasteiger partial charge on any atom is -0.346 e. The van der Waals surface area contributed by atoms with Gasteiger partial charge in [0.25, 0.3) is 0 Å². The van der Waals surface area contributed by atoms with Crippen molar-refractivity contribution >= 4 is 27.5 Å². The van der Waals surface area contributed by atoms with Crippen molar-refractivity contribution in [3.05, 3.63) is 78.3 Å². The normalized spacial score (nSPS) is 14.8. The SMILES string of the molecule is [C-]#[N+]c1ccc(-c2c(-c3ccc4c(cnn4C)c3)ncc3c2ccn3CC2CCCCCC2)cc1F. The molecule has 0 saturated heterocycles. The van der Waals surface area contributed by atoms with E-state index in [0.29, 0.717) is 5.92 Å². The molecule has 1 saturated carbocycles. The second kappa shape index (κ2) is 9.23. The van der Waals surface area contributed by atoms with Crippen LogP contribution in [-0.2, 0) is 13.6 Å². The van der Waals surface area contributed by atoms with Crippen molar-refractivity contribution in [1.29, 1.82) is 0 Å². The molecule has 0 N–H and O–H groups in total. The van der Waals surface area contributed by atoms with Crippen LogP contribution in [0.25, 0.3) is 49.0 Å². The molecule has 1 aliphatic carbocycles. The Morgan fingerprint density at radius 3 is 2.56 bits per heavy atom. The highest BCUT2D eigenvalue weighted by Crippen LogP contribution is 2.39. The summed E-state index contributed by atoms with van der Waals surface area (Å²) in [5.74, 6) is 0.167. The lowest BCUT2D eigenvalue weighted by Gasteiger charge is -2.17. The van der Waals surface area contributed by atoms with Gasteiger partial charge in [0.05, 0.1) is 35.7 Å². The molecular formula is C30H28FN5. The number of pyridine rings is 1. The van der Waals surface area contributed by atoms with Gasteiger partial charge in [-0.1, -0.05) is 43.9 Å². The zero-order valence-corrected chi connectivity index (χ0v) is 20.4. The van der Waals surface area contributed by atoms with Gasteiger partial charge in [-0.25, -0.2) is 9.24 Å². The summed E-state index contributed by atoms with van der Waals surface area (Å²) in [6.45, 7) is 8.23. The fraction of sp³-hybridized carbons (Fsp3) is 0.300. The summed E-state index contributed by atoms with van der Waals surface area (Å²) in [7, 11) is 1.93. The number of nitrogens with zero attached hydrogens (tertiary/aromatic N) is 5. The van der Waals surface area contributed by atoms with Crippen LogP contribution < -0.4 is 0 Å². The Labute approximate surface area is 210 Å². The van der Waals surface area contributed by atoms with E-state index in [-0.39, 0.29) is 5.69 Å². The Morgan fingerprint density at radius 1 is 0.972 bits per heavy atom. The third-order valence-corrected chi connectivity index (χ3v) is 7.63. The molecule has 0 radical (unpaired) electrons. The van der Waals surface area contributed by atoms with Crippen molar-refractivity contribution in [3.63, 3.8) is 0 Å². The minimum atomic E-state index is -0.508. The van der Waals surface area contributed by atoms with Crippen LogP contribution in [-0.4, -0.2) is 19.3 Å². The molecule has 180 valence electrons. The van der Waals surface area contributed by atoms with Gasteiger partial charge in [-0.2, -0.15) is 5.10 Å². The van der Waals surface area contributed by atoms with Crippen LogP contribution in [0.4, 0.5) is 10.1 Å². The molecule has 5 aromatic rings. The number of aromatic nitrogens is 4. The first-order chi connectivity index (χ1) is 17.6. The monoisotopic (exact) mass is 477 g/mol. The fourth-order valence-corrected chi connectivity index (χ4v) is 5.72. The van der Waals surface area contributed by atoms with Crippen molar-refractivity contribution < 1.29 is 4.39 Å². The van der Waals surface area contributed by atoms with Crippen molar-refractivity contribution in [2.24, 2.45) is 13.0 Å². The summed E-state index contributed by atoms with van der Waals surface area (Å²) < 4.78 is 19.0. The molecule has 3 heterocycles. The Kier molecular flexibility index (Phi) is 5.77. The summed E-state index contributed by atoms with van der Waals surface area (Å²) >= 11 is 0. The molecule has 2 aromatic carbocycles. The van der Waals surface area contributed by atoms with Crippen LogP contribution in [0, 0.1) is 18.3 Å². The highest BCUT2D eigenvalue weighted by atomic mass is 19.1. The van der Waals surface area contributed by atoms with E-state index in [1.807, 2.05) is 42.3 Å². The summed E-state index contributed by atoms with van der Waals surface area (Å²) in [6, 6.07) is 13.2. The van der Waals surface area contributed by atoms with E-state index in [1.165, 1.54) is 44.6 Å². The highest BCUT2D eigenvalue weighted by Gasteiger charge is 2.20. The number of aryl methyl sites for hydroxylation is 1. The van der Waals surface area contributed by atoms with E-state index in [1.54, 1.807) is 6.07 Å². The molecule has 36 heavy (non-hydrogen) atoms. The van der Waals surface area contributed by atoms with E-state index in [2.05, 4.69) is 32.8 Å². The van der Waals surface area contributed by atoms with Crippen LogP contribution in [0.3, 0.4) is 0 Å². The van der Waals surface area contributed by atoms with Crippen molar-refractivity contribution in [1.82, 2.24) is 19.3 Å². The van der Waals surface area contributed by atoms with Crippen LogP contribution in [0.2, 0.25) is 0 Å². The molecule has 5 nitrogen and oxygen atoms in total. The Hall–Kier alpha value is -3.98. The van der Waals surface area contributed by atoms with E-state index < -0.39 is 5.82 Å². The number of hydrogen-bond acceptors (Lipinski definition) is 2. The zero-order chi connectivity index (χ0) is 24.6. The van der Waals surface area contributed by atoms with Gasteiger partial charge in [0, 0.05) is 41.7 Å². The Bertz CT molecular complexity index is 1610. The molecule has 1 aliphatic rings. The molecule has 0 atom stereocenters. The molecule has 1 fully saturated rings. The summed E-state index contributed by atoms with van der Waals surface area (Å²) in [6.07, 6.45) is 13.8. The van der Waals surface area contributed by atoms with Gasteiger partial charge in [0.2, 0.25) is 5.69 Å². The number of fused-ring (bicyclic) bond motifs is 2. The van der Waals surface area contributed by atoms with Crippen LogP contribution in [0.5, 0.6) is 0 Å². The zero-order valence-electron chi connectivity index (χ0n) is 20.4. The number of hydrogen-bond donors (Lipinski definition) is 0. The van der Waals surface area contributed by atoms with Gasteiger partial charge in [-0.3, -0.25) is 9.67 Å². The minimum absolute atomic E-state index is 0.0307. The highest BCUT2D eigenvalue weighted by molar-refractivity contribution is 6.02. The molecule has 0 spiro atoms. The molecule has 6 heteroatoms. The first-order valence-corrected chi connectivity index (χ1v) is 12.7. The lowest BCUT2D eigenvalue weighted by molar-refractivity contribution is 0.401. The van der Waals surface area contributed by atoms with Crippen molar-refractivity contribution in [2.75, 3.05) is 0 Å². The van der Waals surface area contributed by atoms with Gasteiger partial charge in [-0.05, 0) is 48.6 Å². The first kappa shape index (κ1) is 22.5. The maximum Gasteiger partial charge on any atom is 0.222 e. The lowest BCUT2D eigenvalue weighted by Crippen LogP contribution is -2.09. The van der Waals surface area contributed by atoms with Gasteiger partial charge < -0.3 is 4.57 Å². The van der Waals surface area contributed by atoms with Gasteiger partial charge >= 0.3 is 0 Å². The summed E-state index contributed by atoms with van der Waals surface area (Å²) in [5.41, 5.74) is 5.52. The number of rotatable bonds is 4. The van der Waals surface area contributed by atoms with Crippen molar-refractivity contribution in [3.8, 4) is 22.4 Å². The fourth-order valence-electron chi connectivity index (χ4n) is 5.72. The molecule has 0 amide bonds. The Morgan fingerprint density at radius 2 is 1.78 bits per heavy atom. The molecule has 0 unspecified atom stereocenters. The van der Waals surface area contributed by atoms with E-state index >= 15 is 0 Å². The Balaban J connectivity index is 1.52. The van der Waals surface area contributed by atoms with E-state index in [0.717, 1.165) is 50.7 Å². The predicted molar refractivity (Wildman–Crippen MR) is 142 cm³/mol. The smallest absolute Gasteiger partial charge is 0.222 e. The van der Waals surface area contributed by atoms with Gasteiger partial charge in [-0.15, -0.1) is 0 Å². The number of halogens is 1. The van der Waals surface area contributed by atoms with Crippen LogP contribution >= 0.6 is 0 Å². The second-order valence-electron chi connectivity index (χ2n) is 9.93. The predicted octanol–water partition coefficient (Wildman–Crippen LogP) is 7.92. The van der Waals surface area contributed by atoms with Crippen LogP contribution in [0.1, 0.15) is 38.5 Å². The molecule has 3 aromatic heterocycles. The van der Waals surface area contributed by atoms with Gasteiger partial charge in [0.15, 0.2) is 0 Å². The van der Waals surface area contributed by atoms with Crippen molar-refractivity contribution in [2.45, 2.75) is 45.1 Å². The second-order valence-corrected chi connectivity index (χ2v) is 9.93. The molecule has 0 aliphatic heterocycles. The molecule has 0 bridgehead atoms. The average Bonchev–Trinajstić information content (AvgIpc) is 3.36. The lowest BCUT2D eigenvalue weighted by atomic mass is 9.95. The standard InChI is InChI=1S/C30H28FN5/c1-32-26-11-9-21(16-25(26)31)29-24-13-14-36(19-20-7-5-3-4-6-8-20)28(24)18-33-30(29)22-10-12-27-23(15-22)17-34-35(27)2/h9-18,20H,3-8,19H2,2H3. The average molecular weight is 478 g/mol. The third-order valence-electron chi connectivity index (χ3n) is 7.63. The van der Waals surface area contributed by atoms with E-state index in [4.69, 9.17) is 11.6 Å². The van der Waals surface area contributed by atoms with Gasteiger partial charge in [0.1, 0.15) is 5.82 Å². The largest absolute Gasteiger partial charge is 0.346 e. The maximum absolute atomic E-state index is 14.8. The number of benzene rings is 2. The topological polar surface area (TPSA) is 40.0 Å². The molecular weight excluding hydrogens is 449 g/mol. The van der Waals surface area contributed by atoms with E-state index in [9.17, 15) is 4.39 Å². The third kappa shape index (κ3) is 3.95. The molecule has 6 rings (SSSR count). The summed E-state index contributed by atoms with van der Waals surface area (Å²) in [4.78, 5) is 8.26.